The molecule has 0 aliphatic rings. The van der Waals surface area contributed by atoms with E-state index >= 15 is 0 Å². The summed E-state index contributed by atoms with van der Waals surface area (Å²) in [5.74, 6) is 1.06. The molecule has 0 amide bonds. The number of tetrazole rings is 1. The minimum absolute atomic E-state index is 0.728. The first-order valence-corrected chi connectivity index (χ1v) is 11.5. The van der Waals surface area contributed by atoms with Crippen LogP contribution in [0.5, 0.6) is 0 Å². The zero-order valence-electron chi connectivity index (χ0n) is 16.9. The fourth-order valence-electron chi connectivity index (χ4n) is 3.12. The monoisotopic (exact) mass is 410 g/mol. The quantitative estimate of drug-likeness (QED) is 0.252. The molecule has 0 atom stereocenters. The number of para-hydroxylation sites is 1. The highest BCUT2D eigenvalue weighted by Crippen LogP contribution is 2.20. The summed E-state index contributed by atoms with van der Waals surface area (Å²) in [6.45, 7) is 1.59. The van der Waals surface area contributed by atoms with E-state index in [2.05, 4.69) is 39.8 Å². The van der Waals surface area contributed by atoms with Gasteiger partial charge in [0.2, 0.25) is 5.16 Å². The van der Waals surface area contributed by atoms with Crippen molar-refractivity contribution in [3.05, 3.63) is 66.2 Å². The van der Waals surface area contributed by atoms with Crippen molar-refractivity contribution in [3.63, 3.8) is 0 Å². The van der Waals surface area contributed by atoms with E-state index in [0.29, 0.717) is 0 Å². The van der Waals surface area contributed by atoms with Crippen molar-refractivity contribution >= 4 is 11.8 Å². The molecular weight excluding hydrogens is 380 g/mol. The van der Waals surface area contributed by atoms with Crippen molar-refractivity contribution in [2.75, 3.05) is 12.4 Å². The Morgan fingerprint density at radius 1 is 0.759 bits per heavy atom. The van der Waals surface area contributed by atoms with Gasteiger partial charge in [-0.25, -0.2) is 0 Å². The molecule has 0 radical (unpaired) electrons. The van der Waals surface area contributed by atoms with Gasteiger partial charge in [0, 0.05) is 12.4 Å². The first kappa shape index (κ1) is 21.5. The Kier molecular flexibility index (Phi) is 9.74. The molecule has 1 aromatic heterocycles. The second-order valence-electron chi connectivity index (χ2n) is 7.07. The standard InChI is InChI=1S/C23H30N4OS/c1(2-4-12-18-28-20-21-14-8-6-9-15-21)3-5-13-19-29-23-24-25-26-27(23)22-16-10-7-11-17-22/h6-11,14-17H,1-5,12-13,18-20H2. The van der Waals surface area contributed by atoms with Gasteiger partial charge in [-0.05, 0) is 41.0 Å². The Morgan fingerprint density at radius 2 is 1.41 bits per heavy atom. The summed E-state index contributed by atoms with van der Waals surface area (Å²) < 4.78 is 7.55. The molecule has 0 N–H and O–H groups in total. The van der Waals surface area contributed by atoms with Crippen molar-refractivity contribution in [1.82, 2.24) is 20.2 Å². The Bertz CT molecular complexity index is 795. The van der Waals surface area contributed by atoms with Crippen molar-refractivity contribution in [2.45, 2.75) is 56.7 Å². The lowest BCUT2D eigenvalue weighted by atomic mass is 10.1. The fourth-order valence-corrected chi connectivity index (χ4v) is 4.01. The predicted molar refractivity (Wildman–Crippen MR) is 118 cm³/mol. The third-order valence-electron chi connectivity index (χ3n) is 4.72. The Labute approximate surface area is 177 Å². The molecule has 0 saturated heterocycles. The van der Waals surface area contributed by atoms with Gasteiger partial charge in [-0.3, -0.25) is 0 Å². The van der Waals surface area contributed by atoms with Gasteiger partial charge >= 0.3 is 0 Å². The van der Waals surface area contributed by atoms with Crippen molar-refractivity contribution in [3.8, 4) is 5.69 Å². The lowest BCUT2D eigenvalue weighted by Gasteiger charge is -2.05. The summed E-state index contributed by atoms with van der Waals surface area (Å²) in [4.78, 5) is 0. The molecule has 3 aromatic rings. The van der Waals surface area contributed by atoms with E-state index in [1.54, 1.807) is 11.8 Å². The molecule has 0 unspecified atom stereocenters. The number of thioether (sulfide) groups is 1. The van der Waals surface area contributed by atoms with Gasteiger partial charge in [0.25, 0.3) is 0 Å². The molecule has 0 saturated carbocycles. The average Bonchev–Trinajstić information content (AvgIpc) is 3.24. The zero-order chi connectivity index (χ0) is 20.0. The zero-order valence-corrected chi connectivity index (χ0v) is 17.8. The maximum absolute atomic E-state index is 5.74. The maximum Gasteiger partial charge on any atom is 0.214 e. The molecule has 5 nitrogen and oxygen atoms in total. The van der Waals surface area contributed by atoms with E-state index in [4.69, 9.17) is 4.74 Å². The number of hydrogen-bond acceptors (Lipinski definition) is 5. The van der Waals surface area contributed by atoms with Crippen LogP contribution in [0, 0.1) is 0 Å². The molecule has 2 aromatic carbocycles. The van der Waals surface area contributed by atoms with E-state index in [1.807, 2.05) is 41.1 Å². The van der Waals surface area contributed by atoms with Crippen molar-refractivity contribution in [2.24, 2.45) is 0 Å². The van der Waals surface area contributed by atoms with E-state index in [-0.39, 0.29) is 0 Å². The third-order valence-corrected chi connectivity index (χ3v) is 5.72. The van der Waals surface area contributed by atoms with Crippen LogP contribution in [0.15, 0.2) is 65.8 Å². The lowest BCUT2D eigenvalue weighted by Crippen LogP contribution is -1.98. The molecule has 154 valence electrons. The number of hydrogen-bond donors (Lipinski definition) is 0. The van der Waals surface area contributed by atoms with Crippen LogP contribution in [-0.4, -0.2) is 32.6 Å². The normalized spacial score (nSPS) is 11.0. The Hall–Kier alpha value is -2.18. The van der Waals surface area contributed by atoms with Gasteiger partial charge < -0.3 is 4.74 Å². The van der Waals surface area contributed by atoms with Crippen LogP contribution in [0.3, 0.4) is 0 Å². The van der Waals surface area contributed by atoms with Crippen LogP contribution >= 0.6 is 11.8 Å². The summed E-state index contributed by atoms with van der Waals surface area (Å²) in [5.41, 5.74) is 2.26. The average molecular weight is 411 g/mol. The van der Waals surface area contributed by atoms with Gasteiger partial charge in [0.1, 0.15) is 0 Å². The Morgan fingerprint density at radius 3 is 2.17 bits per heavy atom. The number of aromatic nitrogens is 4. The summed E-state index contributed by atoms with van der Waals surface area (Å²) in [5, 5.41) is 12.9. The number of unbranched alkanes of at least 4 members (excludes halogenated alkanes) is 6. The maximum atomic E-state index is 5.74. The smallest absolute Gasteiger partial charge is 0.214 e. The number of nitrogens with zero attached hydrogens (tertiary/aromatic N) is 4. The minimum Gasteiger partial charge on any atom is -0.377 e. The molecule has 3 rings (SSSR count). The van der Waals surface area contributed by atoms with Crippen LogP contribution in [0.25, 0.3) is 5.69 Å². The molecule has 0 aliphatic carbocycles. The number of ether oxygens (including phenoxy) is 1. The van der Waals surface area contributed by atoms with Gasteiger partial charge in [-0.2, -0.15) is 4.68 Å². The van der Waals surface area contributed by atoms with Crippen LogP contribution in [0.2, 0.25) is 0 Å². The van der Waals surface area contributed by atoms with Crippen LogP contribution in [0.1, 0.15) is 50.5 Å². The molecule has 29 heavy (non-hydrogen) atoms. The molecule has 0 bridgehead atoms. The van der Waals surface area contributed by atoms with E-state index in [0.717, 1.165) is 36.2 Å². The van der Waals surface area contributed by atoms with E-state index in [9.17, 15) is 0 Å². The van der Waals surface area contributed by atoms with Crippen LogP contribution in [0.4, 0.5) is 0 Å². The van der Waals surface area contributed by atoms with Gasteiger partial charge in [-0.15, -0.1) is 5.10 Å². The minimum atomic E-state index is 0.728. The molecule has 1 heterocycles. The highest BCUT2D eigenvalue weighted by Gasteiger charge is 2.07. The van der Waals surface area contributed by atoms with E-state index in [1.165, 1.54) is 44.1 Å². The number of benzene rings is 2. The Balaban J connectivity index is 1.16. The summed E-state index contributed by atoms with van der Waals surface area (Å²) >= 11 is 1.73. The van der Waals surface area contributed by atoms with E-state index < -0.39 is 0 Å². The fraction of sp³-hybridized carbons (Fsp3) is 0.435. The first-order valence-electron chi connectivity index (χ1n) is 10.5. The SMILES string of the molecule is c1ccc(COCCCCCCCCCSc2nnnn2-c2ccccc2)cc1. The predicted octanol–water partition coefficient (Wildman–Crippen LogP) is 5.70. The van der Waals surface area contributed by atoms with Crippen molar-refractivity contribution < 1.29 is 4.74 Å². The van der Waals surface area contributed by atoms with Crippen molar-refractivity contribution in [1.29, 1.82) is 0 Å². The molecular formula is C23H30N4OS. The summed E-state index contributed by atoms with van der Waals surface area (Å²) in [7, 11) is 0. The highest BCUT2D eigenvalue weighted by atomic mass is 32.2. The van der Waals surface area contributed by atoms with Gasteiger partial charge in [0.15, 0.2) is 0 Å². The van der Waals surface area contributed by atoms with Crippen LogP contribution < -0.4 is 0 Å². The summed E-state index contributed by atoms with van der Waals surface area (Å²) in [6.07, 6.45) is 8.80. The lowest BCUT2D eigenvalue weighted by molar-refractivity contribution is 0.116. The molecule has 0 spiro atoms. The third kappa shape index (κ3) is 7.99. The second-order valence-corrected chi connectivity index (χ2v) is 8.13. The molecule has 0 aliphatic heterocycles. The van der Waals surface area contributed by atoms with Gasteiger partial charge in [-0.1, -0.05) is 92.4 Å². The summed E-state index contributed by atoms with van der Waals surface area (Å²) in [6, 6.07) is 20.4. The second kappa shape index (κ2) is 13.1. The topological polar surface area (TPSA) is 52.8 Å². The molecule has 0 fully saturated rings. The number of rotatable bonds is 14. The highest BCUT2D eigenvalue weighted by molar-refractivity contribution is 7.99. The van der Waals surface area contributed by atoms with Crippen LogP contribution in [-0.2, 0) is 11.3 Å². The largest absolute Gasteiger partial charge is 0.377 e. The van der Waals surface area contributed by atoms with Gasteiger partial charge in [0.05, 0.1) is 12.3 Å². The molecule has 6 heteroatoms. The first-order chi connectivity index (χ1) is 14.4.